The molecule has 1 aromatic rings. The van der Waals surface area contributed by atoms with Gasteiger partial charge in [0, 0.05) is 5.56 Å². The minimum atomic E-state index is -0.311. The number of benzene rings is 1. The summed E-state index contributed by atoms with van der Waals surface area (Å²) in [6, 6.07) is 7.42. The molecule has 0 aliphatic heterocycles. The Morgan fingerprint density at radius 2 is 1.94 bits per heavy atom. The number of quaternary nitrogens is 1. The fourth-order valence-electron chi connectivity index (χ4n) is 1.66. The molecule has 0 radical (unpaired) electrons. The number of nitrogens with zero attached hydrogens (tertiary/aromatic N) is 1. The van der Waals surface area contributed by atoms with E-state index in [9.17, 15) is 4.79 Å². The molecule has 0 amide bonds. The molecule has 0 unspecified atom stereocenters. The van der Waals surface area contributed by atoms with E-state index in [4.69, 9.17) is 6.42 Å². The predicted molar refractivity (Wildman–Crippen MR) is 67.3 cm³/mol. The highest BCUT2D eigenvalue weighted by Crippen LogP contribution is 2.11. The van der Waals surface area contributed by atoms with Crippen LogP contribution in [0.4, 0.5) is 0 Å². The predicted octanol–water partition coefficient (Wildman–Crippen LogP) is 1.68. The summed E-state index contributed by atoms with van der Waals surface area (Å²) in [5.41, 5.74) is 1.72. The third kappa shape index (κ3) is 3.93. The van der Waals surface area contributed by atoms with Crippen LogP contribution in [0.25, 0.3) is 0 Å². The SMILES string of the molecule is C#CC[N+](C)(C)Cc1ccc(C(=O)OC)cc1. The first-order valence-electron chi connectivity index (χ1n) is 5.41. The van der Waals surface area contributed by atoms with Crippen LogP contribution >= 0.6 is 0 Å². The highest BCUT2D eigenvalue weighted by atomic mass is 16.5. The number of carbonyl (C=O) groups is 1. The summed E-state index contributed by atoms with van der Waals surface area (Å²) < 4.78 is 5.38. The van der Waals surface area contributed by atoms with Gasteiger partial charge in [-0.3, -0.25) is 0 Å². The smallest absolute Gasteiger partial charge is 0.337 e. The van der Waals surface area contributed by atoms with Crippen molar-refractivity contribution in [3.05, 3.63) is 35.4 Å². The number of ether oxygens (including phenoxy) is 1. The average Bonchev–Trinajstić information content (AvgIpc) is 2.28. The van der Waals surface area contributed by atoms with Crippen molar-refractivity contribution in [2.24, 2.45) is 0 Å². The lowest BCUT2D eigenvalue weighted by Gasteiger charge is -2.27. The van der Waals surface area contributed by atoms with Gasteiger partial charge < -0.3 is 9.22 Å². The number of hydrogen-bond acceptors (Lipinski definition) is 2. The molecule has 1 aromatic carbocycles. The van der Waals surface area contributed by atoms with Gasteiger partial charge in [0.1, 0.15) is 13.1 Å². The van der Waals surface area contributed by atoms with E-state index >= 15 is 0 Å². The first-order chi connectivity index (χ1) is 7.98. The van der Waals surface area contributed by atoms with Gasteiger partial charge >= 0.3 is 5.97 Å². The molecule has 0 heterocycles. The van der Waals surface area contributed by atoms with Crippen molar-refractivity contribution in [3.8, 4) is 12.3 Å². The van der Waals surface area contributed by atoms with E-state index in [0.717, 1.165) is 16.6 Å². The third-order valence-electron chi connectivity index (χ3n) is 2.50. The minimum Gasteiger partial charge on any atom is -0.465 e. The van der Waals surface area contributed by atoms with Gasteiger partial charge in [0.25, 0.3) is 0 Å². The zero-order valence-corrected chi connectivity index (χ0v) is 10.6. The Bertz CT molecular complexity index is 427. The molecule has 0 saturated heterocycles. The van der Waals surface area contributed by atoms with Crippen LogP contribution in [0, 0.1) is 12.3 Å². The Morgan fingerprint density at radius 1 is 1.35 bits per heavy atom. The zero-order chi connectivity index (χ0) is 12.9. The largest absolute Gasteiger partial charge is 0.465 e. The van der Waals surface area contributed by atoms with Crippen LogP contribution in [-0.4, -0.2) is 38.2 Å². The molecular formula is C14H18NO2+. The topological polar surface area (TPSA) is 26.3 Å². The number of methoxy groups -OCH3 is 1. The second-order valence-corrected chi connectivity index (χ2v) is 4.64. The second-order valence-electron chi connectivity index (χ2n) is 4.64. The van der Waals surface area contributed by atoms with Gasteiger partial charge in [-0.25, -0.2) is 4.79 Å². The molecule has 17 heavy (non-hydrogen) atoms. The molecule has 0 atom stereocenters. The Morgan fingerprint density at radius 3 is 2.41 bits per heavy atom. The highest BCUT2D eigenvalue weighted by Gasteiger charge is 2.14. The van der Waals surface area contributed by atoms with E-state index in [1.54, 1.807) is 12.1 Å². The Labute approximate surface area is 103 Å². The van der Waals surface area contributed by atoms with Crippen LogP contribution < -0.4 is 0 Å². The van der Waals surface area contributed by atoms with E-state index in [1.807, 2.05) is 12.1 Å². The molecule has 3 heteroatoms. The lowest BCUT2D eigenvalue weighted by Crippen LogP contribution is -2.38. The van der Waals surface area contributed by atoms with E-state index in [1.165, 1.54) is 7.11 Å². The number of terminal acetylenes is 1. The maximum Gasteiger partial charge on any atom is 0.337 e. The van der Waals surface area contributed by atoms with E-state index in [-0.39, 0.29) is 5.97 Å². The molecule has 0 N–H and O–H groups in total. The molecule has 0 aliphatic carbocycles. The van der Waals surface area contributed by atoms with Crippen LogP contribution in [0.5, 0.6) is 0 Å². The molecule has 0 saturated carbocycles. The minimum absolute atomic E-state index is 0.311. The van der Waals surface area contributed by atoms with Gasteiger partial charge in [0.2, 0.25) is 0 Å². The van der Waals surface area contributed by atoms with Gasteiger partial charge in [0.15, 0.2) is 0 Å². The van der Waals surface area contributed by atoms with Gasteiger partial charge in [-0.15, -0.1) is 6.42 Å². The van der Waals surface area contributed by atoms with Crippen molar-refractivity contribution < 1.29 is 14.0 Å². The molecule has 0 aromatic heterocycles. The molecule has 0 aliphatic rings. The molecule has 1 rings (SSSR count). The molecule has 0 spiro atoms. The molecule has 90 valence electrons. The van der Waals surface area contributed by atoms with Crippen molar-refractivity contribution in [2.45, 2.75) is 6.54 Å². The van der Waals surface area contributed by atoms with E-state index in [0.29, 0.717) is 12.1 Å². The molecule has 3 nitrogen and oxygen atoms in total. The van der Waals surface area contributed by atoms with Gasteiger partial charge in [-0.2, -0.15) is 0 Å². The van der Waals surface area contributed by atoms with Crippen LogP contribution in [0.15, 0.2) is 24.3 Å². The lowest BCUT2D eigenvalue weighted by molar-refractivity contribution is -0.896. The molecule has 0 fully saturated rings. The normalized spacial score (nSPS) is 10.7. The second kappa shape index (κ2) is 5.51. The fourth-order valence-corrected chi connectivity index (χ4v) is 1.66. The van der Waals surface area contributed by atoms with E-state index < -0.39 is 0 Å². The summed E-state index contributed by atoms with van der Waals surface area (Å²) in [5.74, 6) is 2.35. The monoisotopic (exact) mass is 232 g/mol. The van der Waals surface area contributed by atoms with Crippen LogP contribution in [0.1, 0.15) is 15.9 Å². The van der Waals surface area contributed by atoms with Crippen molar-refractivity contribution >= 4 is 5.97 Å². The van der Waals surface area contributed by atoms with Crippen molar-refractivity contribution in [2.75, 3.05) is 27.7 Å². The average molecular weight is 232 g/mol. The van der Waals surface area contributed by atoms with Gasteiger partial charge in [-0.05, 0) is 18.1 Å². The quantitative estimate of drug-likeness (QED) is 0.448. The van der Waals surface area contributed by atoms with Gasteiger partial charge in [0.05, 0.1) is 26.8 Å². The van der Waals surface area contributed by atoms with Crippen molar-refractivity contribution in [3.63, 3.8) is 0 Å². The Kier molecular flexibility index (Phi) is 4.30. The zero-order valence-electron chi connectivity index (χ0n) is 10.6. The Hall–Kier alpha value is -1.79. The summed E-state index contributed by atoms with van der Waals surface area (Å²) in [5, 5.41) is 0. The maximum atomic E-state index is 11.3. The maximum absolute atomic E-state index is 11.3. The number of carbonyl (C=O) groups excluding carboxylic acids is 1. The summed E-state index contributed by atoms with van der Waals surface area (Å²) in [6.45, 7) is 1.52. The third-order valence-corrected chi connectivity index (χ3v) is 2.50. The summed E-state index contributed by atoms with van der Waals surface area (Å²) in [4.78, 5) is 11.3. The number of rotatable bonds is 4. The summed E-state index contributed by atoms with van der Waals surface area (Å²) >= 11 is 0. The fraction of sp³-hybridized carbons (Fsp3) is 0.357. The van der Waals surface area contributed by atoms with Crippen molar-refractivity contribution in [1.29, 1.82) is 0 Å². The lowest BCUT2D eigenvalue weighted by atomic mass is 10.1. The Balaban J connectivity index is 2.76. The number of hydrogen-bond donors (Lipinski definition) is 0. The van der Waals surface area contributed by atoms with Crippen molar-refractivity contribution in [1.82, 2.24) is 0 Å². The standard InChI is InChI=1S/C14H18NO2/c1-5-10-15(2,3)11-12-6-8-13(9-7-12)14(16)17-4/h1,6-9H,10-11H2,2-4H3/q+1. The number of esters is 1. The summed E-state index contributed by atoms with van der Waals surface area (Å²) in [6.07, 6.45) is 5.32. The molecular weight excluding hydrogens is 214 g/mol. The highest BCUT2D eigenvalue weighted by molar-refractivity contribution is 5.89. The first-order valence-corrected chi connectivity index (χ1v) is 5.41. The first kappa shape index (κ1) is 13.3. The van der Waals surface area contributed by atoms with Crippen LogP contribution in [0.3, 0.4) is 0 Å². The van der Waals surface area contributed by atoms with Gasteiger partial charge in [-0.1, -0.05) is 12.1 Å². The van der Waals surface area contributed by atoms with Crippen LogP contribution in [-0.2, 0) is 11.3 Å². The van der Waals surface area contributed by atoms with Crippen LogP contribution in [0.2, 0.25) is 0 Å². The molecule has 0 bridgehead atoms. The summed E-state index contributed by atoms with van der Waals surface area (Å²) in [7, 11) is 5.53. The van der Waals surface area contributed by atoms with E-state index in [2.05, 4.69) is 24.8 Å².